The van der Waals surface area contributed by atoms with Crippen LogP contribution in [0.15, 0.2) is 24.3 Å². The molecule has 0 aromatic carbocycles. The maximum Gasteiger partial charge on any atom is 1.00 e. The van der Waals surface area contributed by atoms with Gasteiger partial charge < -0.3 is 9.90 Å². The van der Waals surface area contributed by atoms with Crippen LogP contribution < -0.4 is 24.0 Å². The van der Waals surface area contributed by atoms with Gasteiger partial charge in [0.1, 0.15) is 0 Å². The Bertz CT molecular complexity index is 330. The number of allylic oxidation sites excluding steroid dienone is 4. The fraction of sp³-hybridized carbons (Fsp3) is 0.773. The summed E-state index contributed by atoms with van der Waals surface area (Å²) >= 11 is 0. The molecule has 0 radical (unpaired) electrons. The van der Waals surface area contributed by atoms with Crippen LogP contribution in [0.25, 0.3) is 0 Å². The second-order valence-electron chi connectivity index (χ2n) is 6.87. The average molecular weight is 358 g/mol. The van der Waals surface area contributed by atoms with Gasteiger partial charge in [-0.15, -0.1) is 0 Å². The van der Waals surface area contributed by atoms with Crippen molar-refractivity contribution in [2.75, 3.05) is 19.6 Å². The minimum absolute atomic E-state index is 0. The fourth-order valence-electron chi connectivity index (χ4n) is 2.81. The Morgan fingerprint density at radius 2 is 1.15 bits per heavy atom. The van der Waals surface area contributed by atoms with Crippen molar-refractivity contribution in [2.24, 2.45) is 0 Å². The molecular weight excluding hydrogens is 317 g/mol. The minimum Gasteiger partial charge on any atom is -0.549 e. The van der Waals surface area contributed by atoms with Gasteiger partial charge in [-0.05, 0) is 64.5 Å². The number of unbranched alkanes of at least 4 members (excludes halogenated alkanes) is 8. The number of carboxylic acids is 1. The fourth-order valence-corrected chi connectivity index (χ4v) is 2.81. The van der Waals surface area contributed by atoms with E-state index >= 15 is 0 Å². The zero-order valence-electron chi connectivity index (χ0n) is 17.7. The van der Waals surface area contributed by atoms with Crippen molar-refractivity contribution in [1.29, 1.82) is 0 Å². The van der Waals surface area contributed by atoms with Crippen molar-refractivity contribution in [3.05, 3.63) is 24.3 Å². The van der Waals surface area contributed by atoms with Crippen LogP contribution in [0.3, 0.4) is 0 Å². The van der Waals surface area contributed by atoms with Gasteiger partial charge in [0.2, 0.25) is 0 Å². The van der Waals surface area contributed by atoms with Crippen molar-refractivity contribution in [3.8, 4) is 0 Å². The number of carboxylic acid groups (broad SMARTS) is 1. The third kappa shape index (κ3) is 21.5. The van der Waals surface area contributed by atoms with Crippen LogP contribution in [-0.2, 0) is 4.79 Å². The molecule has 26 heavy (non-hydrogen) atoms. The first-order valence-electron chi connectivity index (χ1n) is 10.4. The van der Waals surface area contributed by atoms with Crippen molar-refractivity contribution >= 4 is 5.97 Å². The molecule has 0 spiro atoms. The monoisotopic (exact) mass is 357 g/mol. The van der Waals surface area contributed by atoms with Crippen molar-refractivity contribution < 1.29 is 28.8 Å². The topological polar surface area (TPSA) is 43.4 Å². The Kier molecular flexibility index (Phi) is 24.0. The average Bonchev–Trinajstić information content (AvgIpc) is 2.58. The summed E-state index contributed by atoms with van der Waals surface area (Å²) in [6.07, 6.45) is 23.0. The number of carbonyl (C=O) groups is 1. The van der Waals surface area contributed by atoms with Gasteiger partial charge in [-0.3, -0.25) is 4.90 Å². The maximum absolute atomic E-state index is 10.9. The van der Waals surface area contributed by atoms with Gasteiger partial charge in [-0.2, -0.15) is 0 Å². The summed E-state index contributed by atoms with van der Waals surface area (Å²) in [5, 5.41) is 10.9. The summed E-state index contributed by atoms with van der Waals surface area (Å²) in [6, 6.07) is 0. The number of carbonyl (C=O) groups excluding carboxylic acids is 1. The van der Waals surface area contributed by atoms with Gasteiger partial charge in [-0.1, -0.05) is 63.8 Å². The van der Waals surface area contributed by atoms with Gasteiger partial charge in [0.15, 0.2) is 0 Å². The Labute approximate surface area is 174 Å². The molecule has 0 saturated heterocycles. The molecule has 0 bridgehead atoms. The van der Waals surface area contributed by atoms with E-state index in [0.29, 0.717) is 0 Å². The molecule has 0 saturated carbocycles. The van der Waals surface area contributed by atoms with Crippen LogP contribution >= 0.6 is 0 Å². The van der Waals surface area contributed by atoms with E-state index in [1.807, 2.05) is 0 Å². The summed E-state index contributed by atoms with van der Waals surface area (Å²) in [6.45, 7) is 6.22. The Morgan fingerprint density at radius 1 is 0.731 bits per heavy atom. The Balaban J connectivity index is 0. The quantitative estimate of drug-likeness (QED) is 0.214. The van der Waals surface area contributed by atoms with Gasteiger partial charge in [0.25, 0.3) is 0 Å². The van der Waals surface area contributed by atoms with E-state index in [1.54, 1.807) is 0 Å². The first kappa shape index (κ1) is 27.7. The molecule has 0 fully saturated rings. The van der Waals surface area contributed by atoms with E-state index in [4.69, 9.17) is 0 Å². The first-order chi connectivity index (χ1) is 12.2. The molecule has 0 aliphatic heterocycles. The van der Waals surface area contributed by atoms with Crippen LogP contribution in [0, 0.1) is 0 Å². The van der Waals surface area contributed by atoms with E-state index in [2.05, 4.69) is 43.1 Å². The van der Waals surface area contributed by atoms with Crippen molar-refractivity contribution in [1.82, 2.24) is 4.90 Å². The van der Waals surface area contributed by atoms with E-state index in [9.17, 15) is 9.90 Å². The predicted octanol–water partition coefficient (Wildman–Crippen LogP) is 1.88. The second-order valence-corrected chi connectivity index (χ2v) is 6.87. The Morgan fingerprint density at radius 3 is 1.54 bits per heavy atom. The van der Waals surface area contributed by atoms with Crippen LogP contribution in [0.4, 0.5) is 0 Å². The standard InChI is InChI=1S/C22H41NO2.Li/c1-3-5-7-9-11-13-15-17-19-23(21-22(24)25)20-18-16-14-12-10-8-6-4-2;/h7-10H,3-6,11-21H2,1-2H3,(H,24,25);/q;+1/p-1/b9-7+,10-8+;. The maximum atomic E-state index is 10.9. The van der Waals surface area contributed by atoms with Crippen LogP contribution in [-0.4, -0.2) is 30.5 Å². The summed E-state index contributed by atoms with van der Waals surface area (Å²) < 4.78 is 0. The molecular formula is C22H40LiNO2. The summed E-state index contributed by atoms with van der Waals surface area (Å²) in [5.74, 6) is -0.954. The molecule has 0 rings (SSSR count). The molecule has 3 nitrogen and oxygen atoms in total. The molecule has 0 aromatic rings. The largest absolute Gasteiger partial charge is 1.00 e. The molecule has 0 amide bonds. The molecule has 0 heterocycles. The molecule has 4 heteroatoms. The van der Waals surface area contributed by atoms with Crippen LogP contribution in [0.1, 0.15) is 90.9 Å². The summed E-state index contributed by atoms with van der Waals surface area (Å²) in [4.78, 5) is 13.0. The molecule has 0 aliphatic rings. The van der Waals surface area contributed by atoms with E-state index in [0.717, 1.165) is 38.8 Å². The third-order valence-electron chi connectivity index (χ3n) is 4.29. The zero-order chi connectivity index (χ0) is 18.6. The molecule has 0 unspecified atom stereocenters. The van der Waals surface area contributed by atoms with E-state index in [1.165, 1.54) is 51.4 Å². The smallest absolute Gasteiger partial charge is 0.549 e. The molecule has 0 aliphatic carbocycles. The van der Waals surface area contributed by atoms with Gasteiger partial charge in [0.05, 0.1) is 5.97 Å². The molecule has 0 N–H and O–H groups in total. The normalized spacial score (nSPS) is 11.5. The zero-order valence-corrected chi connectivity index (χ0v) is 17.7. The van der Waals surface area contributed by atoms with Crippen LogP contribution in [0.2, 0.25) is 0 Å². The number of aliphatic carboxylic acids is 1. The minimum atomic E-state index is -0.954. The SMILES string of the molecule is CCC/C=C/CCCCCN(CCCCC/C=C/CCC)CC(=O)[O-].[Li+]. The number of hydrogen-bond donors (Lipinski definition) is 0. The van der Waals surface area contributed by atoms with Crippen LogP contribution in [0.5, 0.6) is 0 Å². The third-order valence-corrected chi connectivity index (χ3v) is 4.29. The second kappa shape index (κ2) is 22.5. The van der Waals surface area contributed by atoms with Gasteiger partial charge in [-0.25, -0.2) is 0 Å². The number of nitrogens with zero attached hydrogens (tertiary/aromatic N) is 1. The first-order valence-corrected chi connectivity index (χ1v) is 10.4. The molecule has 0 atom stereocenters. The molecule has 146 valence electrons. The van der Waals surface area contributed by atoms with E-state index < -0.39 is 5.97 Å². The van der Waals surface area contributed by atoms with Gasteiger partial charge in [0, 0.05) is 6.54 Å². The number of hydrogen-bond acceptors (Lipinski definition) is 3. The van der Waals surface area contributed by atoms with Crippen molar-refractivity contribution in [3.63, 3.8) is 0 Å². The summed E-state index contributed by atoms with van der Waals surface area (Å²) in [5.41, 5.74) is 0. The predicted molar refractivity (Wildman–Crippen MR) is 106 cm³/mol. The summed E-state index contributed by atoms with van der Waals surface area (Å²) in [7, 11) is 0. The van der Waals surface area contributed by atoms with Gasteiger partial charge >= 0.3 is 18.9 Å². The molecule has 0 aromatic heterocycles. The van der Waals surface area contributed by atoms with Crippen molar-refractivity contribution in [2.45, 2.75) is 90.9 Å². The Hall–Kier alpha value is -0.493. The van der Waals surface area contributed by atoms with E-state index in [-0.39, 0.29) is 25.4 Å². The number of rotatable bonds is 18.